The molecule has 0 saturated heterocycles. The van der Waals surface area contributed by atoms with Gasteiger partial charge in [0.1, 0.15) is 23.3 Å². The molecule has 4 heterocycles. The number of anilines is 24. The molecule has 4 aliphatic rings. The van der Waals surface area contributed by atoms with Crippen LogP contribution in [0.1, 0.15) is 0 Å². The second-order valence-electron chi connectivity index (χ2n) is 30.8. The van der Waals surface area contributed by atoms with E-state index in [0.717, 1.165) is 147 Å². The number of halogens is 7. The largest absolute Gasteiger partial charge is 0.369 e. The van der Waals surface area contributed by atoms with Crippen LogP contribution in [0.25, 0.3) is 0 Å². The minimum atomic E-state index is -0.379. The Morgan fingerprint density at radius 2 is 0.389 bits per heavy atom. The molecule has 22 rings (SSSR count). The quantitative estimate of drug-likeness (QED) is 0.0698. The fourth-order valence-electron chi connectivity index (χ4n) is 18.4. The van der Waals surface area contributed by atoms with Crippen molar-refractivity contribution < 1.29 is 17.6 Å². The van der Waals surface area contributed by atoms with Gasteiger partial charge in [-0.2, -0.15) is 0 Å². The van der Waals surface area contributed by atoms with Gasteiger partial charge >= 0.3 is 3.18 Å². The monoisotopic (exact) mass is 1830 g/mol. The van der Waals surface area contributed by atoms with Gasteiger partial charge in [0.05, 0.1) is 22.7 Å². The van der Waals surface area contributed by atoms with Crippen LogP contribution < -0.4 is 72.0 Å². The van der Waals surface area contributed by atoms with Gasteiger partial charge in [-0.25, -0.2) is 17.6 Å². The van der Waals surface area contributed by atoms with Crippen molar-refractivity contribution in [2.75, 3.05) is 39.2 Å². The van der Waals surface area contributed by atoms with E-state index in [4.69, 9.17) is 0 Å². The molecule has 0 aromatic heterocycles. The smallest absolute Gasteiger partial charge is 0.311 e. The standard InChI is InChI=1S/C54H34B2F2N4.C54H40F2N4.BBr3/c57-35-29-49-53-51(31-35)61(39-21-9-3-10-22-39)47-34-48-44(33-43(47)55(53)41-25-13-15-27-45(41)59(49)37-17-5-1-6-18-37)56-42-26-14-16-28-46(42)60(38-19-7-2-8-20-38)50-30-36(58)32-52(54(50)56)62(48)40-23-11-4-12-24-40;55-41-34-51(57(43-20-7-1-8-21-43)44-22-9-2-10-23-44)39-53(36-41)59(47-28-15-5-16-29-47)49-32-19-33-50(38-49)60(48-30-17-6-18-31-48)54-37-42(56)35-52(40-54)58(45-24-11-3-12-25-45)46-26-13-4-14-27-46;2-1(3)4/h1-34H;1-40H;. The number of benzene rings is 18. The van der Waals surface area contributed by atoms with Crippen LogP contribution in [0.15, 0.2) is 449 Å². The van der Waals surface area contributed by atoms with Crippen LogP contribution in [-0.4, -0.2) is 16.6 Å². The Morgan fingerprint density at radius 3 is 0.659 bits per heavy atom. The normalized spacial score (nSPS) is 12.2. The Kier molecular flexibility index (Phi) is 22.4. The fourth-order valence-corrected chi connectivity index (χ4v) is 18.4. The van der Waals surface area contributed by atoms with Crippen LogP contribution in [-0.2, 0) is 0 Å². The number of para-hydroxylation sites is 12. The molecule has 18 aromatic carbocycles. The Labute approximate surface area is 756 Å². The predicted octanol–water partition coefficient (Wildman–Crippen LogP) is 28.1. The van der Waals surface area contributed by atoms with Crippen molar-refractivity contribution in [3.63, 3.8) is 0 Å². The van der Waals surface area contributed by atoms with E-state index >= 15 is 17.6 Å². The van der Waals surface area contributed by atoms with Gasteiger partial charge in [-0.3, -0.25) is 0 Å². The molecule has 0 N–H and O–H groups in total. The topological polar surface area (TPSA) is 25.9 Å². The van der Waals surface area contributed by atoms with Crippen molar-refractivity contribution in [3.8, 4) is 0 Å². The van der Waals surface area contributed by atoms with Crippen molar-refractivity contribution >= 4 is 233 Å². The van der Waals surface area contributed by atoms with Crippen molar-refractivity contribution in [1.29, 1.82) is 0 Å². The predicted molar refractivity (Wildman–Crippen MR) is 532 cm³/mol. The lowest BCUT2D eigenvalue weighted by Crippen LogP contribution is -2.65. The van der Waals surface area contributed by atoms with Crippen LogP contribution in [0.5, 0.6) is 0 Å². The van der Waals surface area contributed by atoms with Crippen molar-refractivity contribution in [1.82, 2.24) is 0 Å². The number of hydrogen-bond donors (Lipinski definition) is 0. The van der Waals surface area contributed by atoms with E-state index in [0.29, 0.717) is 22.7 Å². The van der Waals surface area contributed by atoms with E-state index in [-0.39, 0.29) is 39.9 Å². The molecule has 0 radical (unpaired) electrons. The van der Waals surface area contributed by atoms with Crippen molar-refractivity contribution in [2.45, 2.75) is 0 Å². The van der Waals surface area contributed by atoms with Crippen molar-refractivity contribution in [2.24, 2.45) is 0 Å². The maximum atomic E-state index is 16.5. The Bertz CT molecular complexity index is 6480. The third kappa shape index (κ3) is 15.4. The molecule has 126 heavy (non-hydrogen) atoms. The summed E-state index contributed by atoms with van der Waals surface area (Å²) in [6, 6.07) is 148. The number of nitrogens with zero attached hydrogens (tertiary/aromatic N) is 8. The molecule has 0 atom stereocenters. The third-order valence-electron chi connectivity index (χ3n) is 23.3. The summed E-state index contributed by atoms with van der Waals surface area (Å²) in [4.78, 5) is 17.1. The second kappa shape index (κ2) is 35.2. The van der Waals surface area contributed by atoms with Gasteiger partial charge in [-0.15, -0.1) is 47.3 Å². The van der Waals surface area contributed by atoms with Gasteiger partial charge < -0.3 is 39.2 Å². The van der Waals surface area contributed by atoms with E-state index in [1.165, 1.54) is 0 Å². The molecule has 0 aliphatic carbocycles. The summed E-state index contributed by atoms with van der Waals surface area (Å²) in [6.07, 6.45) is 0. The summed E-state index contributed by atoms with van der Waals surface area (Å²) in [5.41, 5.74) is 27.0. The molecule has 604 valence electrons. The zero-order valence-corrected chi connectivity index (χ0v) is 72.4. The highest BCUT2D eigenvalue weighted by atomic mass is 79.9. The van der Waals surface area contributed by atoms with E-state index in [9.17, 15) is 0 Å². The summed E-state index contributed by atoms with van der Waals surface area (Å²) in [7, 11) is 0. The third-order valence-corrected chi connectivity index (χ3v) is 23.3. The first-order valence-electron chi connectivity index (χ1n) is 41.5. The molecule has 0 saturated carbocycles. The average molecular weight is 1830 g/mol. The molecule has 0 fully saturated rings. The van der Waals surface area contributed by atoms with E-state index in [1.807, 2.05) is 285 Å². The lowest BCUT2D eigenvalue weighted by Gasteiger charge is -2.47. The summed E-state index contributed by atoms with van der Waals surface area (Å²) < 4.78 is 65.6. The molecule has 8 nitrogen and oxygen atoms in total. The van der Waals surface area contributed by atoms with Gasteiger partial charge in [0.2, 0.25) is 0 Å². The van der Waals surface area contributed by atoms with E-state index < -0.39 is 0 Å². The lowest BCUT2D eigenvalue weighted by atomic mass is 9.30. The highest BCUT2D eigenvalue weighted by Gasteiger charge is 2.49. The Hall–Kier alpha value is -14.3. The van der Waals surface area contributed by atoms with Gasteiger partial charge in [-0.1, -0.05) is 231 Å². The molecule has 0 amide bonds. The Morgan fingerprint density at radius 1 is 0.183 bits per heavy atom. The first kappa shape index (κ1) is 80.1. The fraction of sp³-hybridized carbons (Fsp3) is 0. The molecule has 4 aliphatic heterocycles. The molecule has 18 aromatic rings. The van der Waals surface area contributed by atoms with Gasteiger partial charge in [-0.05, 0) is 251 Å². The number of hydrogen-bond acceptors (Lipinski definition) is 8. The molecular formula is C108H74B3Br3F4N8. The maximum absolute atomic E-state index is 16.5. The summed E-state index contributed by atoms with van der Waals surface area (Å²) in [6.45, 7) is -0.452. The molecule has 18 heteroatoms. The first-order chi connectivity index (χ1) is 61.9. The van der Waals surface area contributed by atoms with Gasteiger partial charge in [0.25, 0.3) is 13.4 Å². The van der Waals surface area contributed by atoms with Crippen LogP contribution >= 0.6 is 47.3 Å². The SMILES string of the molecule is BrB(Br)Br.Fc1cc(N(c2ccccc2)c2ccccc2)cc(N(c2ccccc2)c2cccc(N(c3ccccc3)c3cc(F)cc(N(c4ccccc4)c4ccccc4)c3)c2)c1.Fc1cc2c3c(c1)N(c1ccccc1)c1cc4c(cc1B3c1ccccc1N2c1ccccc1)B1c2ccccc2N(c2ccccc2)c2cc(F)cc(c21)N4c1ccccc1. The van der Waals surface area contributed by atoms with Gasteiger partial charge in [0, 0.05) is 114 Å². The first-order valence-corrected chi connectivity index (χ1v) is 44.3. The van der Waals surface area contributed by atoms with Crippen LogP contribution in [0.4, 0.5) is 154 Å². The second-order valence-corrected chi connectivity index (χ2v) is 37.2. The zero-order chi connectivity index (χ0) is 85.3. The average Bonchev–Trinajstić information content (AvgIpc) is 0.682. The molecule has 0 unspecified atom stereocenters. The summed E-state index contributed by atoms with van der Waals surface area (Å²) in [5, 5.41) is 0. The maximum Gasteiger partial charge on any atom is 0.369 e. The molecule has 0 spiro atoms. The lowest BCUT2D eigenvalue weighted by molar-refractivity contribution is 0.628. The minimum Gasteiger partial charge on any atom is -0.311 e. The number of rotatable bonds is 16. The van der Waals surface area contributed by atoms with Crippen LogP contribution in [0.2, 0.25) is 0 Å². The van der Waals surface area contributed by atoms with Crippen LogP contribution in [0, 0.1) is 23.3 Å². The summed E-state index contributed by atoms with van der Waals surface area (Å²) in [5.74, 6) is -1.39. The van der Waals surface area contributed by atoms with Crippen LogP contribution in [0.3, 0.4) is 0 Å². The van der Waals surface area contributed by atoms with Gasteiger partial charge in [0.15, 0.2) is 0 Å². The zero-order valence-electron chi connectivity index (χ0n) is 67.7. The minimum absolute atomic E-state index is 0.226. The summed E-state index contributed by atoms with van der Waals surface area (Å²) >= 11 is 9.31. The van der Waals surface area contributed by atoms with E-state index in [2.05, 4.69) is 202 Å². The molecular weight excluding hydrogens is 1760 g/mol. The Balaban J connectivity index is 0.000000153. The highest BCUT2D eigenvalue weighted by Crippen LogP contribution is 2.51. The van der Waals surface area contributed by atoms with E-state index in [1.54, 1.807) is 48.5 Å². The number of fused-ring (bicyclic) bond motifs is 8. The molecule has 0 bridgehead atoms. The van der Waals surface area contributed by atoms with Crippen molar-refractivity contribution in [3.05, 3.63) is 472 Å². The highest BCUT2D eigenvalue weighted by molar-refractivity contribution is 9.69.